The SMILES string of the molecule is Cc1ccc(C(=O)N(CC2CC2)CC2CCCN2)c(=O)[nH]1. The Hall–Kier alpha value is -1.62. The van der Waals surface area contributed by atoms with Gasteiger partial charge < -0.3 is 15.2 Å². The fourth-order valence-corrected chi connectivity index (χ4v) is 2.94. The molecule has 21 heavy (non-hydrogen) atoms. The van der Waals surface area contributed by atoms with E-state index in [1.807, 2.05) is 11.8 Å². The summed E-state index contributed by atoms with van der Waals surface area (Å²) in [6, 6.07) is 3.81. The van der Waals surface area contributed by atoms with Gasteiger partial charge in [0.05, 0.1) is 0 Å². The van der Waals surface area contributed by atoms with Gasteiger partial charge in [0.2, 0.25) is 0 Å². The molecule has 1 saturated carbocycles. The third-order valence-electron chi connectivity index (χ3n) is 4.35. The van der Waals surface area contributed by atoms with Crippen molar-refractivity contribution in [1.82, 2.24) is 15.2 Å². The first-order chi connectivity index (χ1) is 10.1. The summed E-state index contributed by atoms with van der Waals surface area (Å²) in [6.07, 6.45) is 4.68. The molecule has 2 N–H and O–H groups in total. The van der Waals surface area contributed by atoms with Crippen LogP contribution in [0, 0.1) is 12.8 Å². The Kier molecular flexibility index (Phi) is 4.10. The Balaban J connectivity index is 1.76. The Bertz CT molecular complexity index is 571. The van der Waals surface area contributed by atoms with Crippen LogP contribution in [0.5, 0.6) is 0 Å². The molecule has 1 aliphatic heterocycles. The van der Waals surface area contributed by atoms with Gasteiger partial charge in [-0.15, -0.1) is 0 Å². The molecule has 2 aliphatic rings. The molecule has 0 spiro atoms. The minimum Gasteiger partial charge on any atom is -0.337 e. The molecule has 2 heterocycles. The van der Waals surface area contributed by atoms with E-state index in [2.05, 4.69) is 10.3 Å². The first-order valence-electron chi connectivity index (χ1n) is 7.86. The molecule has 3 rings (SSSR count). The Morgan fingerprint density at radius 1 is 1.29 bits per heavy atom. The summed E-state index contributed by atoms with van der Waals surface area (Å²) in [5.41, 5.74) is 0.766. The van der Waals surface area contributed by atoms with E-state index in [0.717, 1.165) is 25.2 Å². The molecule has 5 nitrogen and oxygen atoms in total. The van der Waals surface area contributed by atoms with Gasteiger partial charge in [-0.1, -0.05) is 0 Å². The van der Waals surface area contributed by atoms with Crippen LogP contribution in [-0.2, 0) is 0 Å². The molecule has 1 atom stereocenters. The third kappa shape index (κ3) is 3.53. The van der Waals surface area contributed by atoms with Gasteiger partial charge in [0.25, 0.3) is 11.5 Å². The lowest BCUT2D eigenvalue weighted by Crippen LogP contribution is -2.43. The van der Waals surface area contributed by atoms with Gasteiger partial charge in [-0.2, -0.15) is 0 Å². The number of amides is 1. The van der Waals surface area contributed by atoms with Gasteiger partial charge in [-0.05, 0) is 57.2 Å². The molecule has 0 radical (unpaired) electrons. The van der Waals surface area contributed by atoms with Gasteiger partial charge in [-0.25, -0.2) is 0 Å². The van der Waals surface area contributed by atoms with Crippen LogP contribution in [0.25, 0.3) is 0 Å². The molecule has 114 valence electrons. The second kappa shape index (κ2) is 6.02. The highest BCUT2D eigenvalue weighted by atomic mass is 16.2. The van der Waals surface area contributed by atoms with Crippen LogP contribution in [0.3, 0.4) is 0 Å². The fourth-order valence-electron chi connectivity index (χ4n) is 2.94. The van der Waals surface area contributed by atoms with Gasteiger partial charge in [-0.3, -0.25) is 9.59 Å². The van der Waals surface area contributed by atoms with Crippen LogP contribution in [0.2, 0.25) is 0 Å². The van der Waals surface area contributed by atoms with Gasteiger partial charge in [0.15, 0.2) is 0 Å². The highest BCUT2D eigenvalue weighted by molar-refractivity contribution is 5.93. The molecule has 1 unspecified atom stereocenters. The molecule has 2 fully saturated rings. The highest BCUT2D eigenvalue weighted by Gasteiger charge is 2.30. The summed E-state index contributed by atoms with van der Waals surface area (Å²) in [5.74, 6) is 0.497. The predicted molar refractivity (Wildman–Crippen MR) is 81.5 cm³/mol. The second-order valence-corrected chi connectivity index (χ2v) is 6.33. The van der Waals surface area contributed by atoms with E-state index >= 15 is 0 Å². The summed E-state index contributed by atoms with van der Waals surface area (Å²) in [7, 11) is 0. The number of rotatable bonds is 5. The normalized spacial score (nSPS) is 21.5. The van der Waals surface area contributed by atoms with Crippen molar-refractivity contribution in [3.63, 3.8) is 0 Å². The van der Waals surface area contributed by atoms with E-state index < -0.39 is 0 Å². The lowest BCUT2D eigenvalue weighted by atomic mass is 10.1. The number of pyridine rings is 1. The number of hydrogen-bond donors (Lipinski definition) is 2. The number of aromatic amines is 1. The molecule has 5 heteroatoms. The quantitative estimate of drug-likeness (QED) is 0.858. The Labute approximate surface area is 124 Å². The zero-order chi connectivity index (χ0) is 14.8. The summed E-state index contributed by atoms with van der Waals surface area (Å²) in [5, 5.41) is 3.43. The molecular weight excluding hydrogens is 266 g/mol. The summed E-state index contributed by atoms with van der Waals surface area (Å²) < 4.78 is 0. The van der Waals surface area contributed by atoms with Crippen LogP contribution in [0.15, 0.2) is 16.9 Å². The standard InChI is InChI=1S/C16H23N3O2/c1-11-4-7-14(15(20)18-11)16(21)19(9-12-5-6-12)10-13-3-2-8-17-13/h4,7,12-13,17H,2-3,5-6,8-10H2,1H3,(H,18,20). The Morgan fingerprint density at radius 3 is 2.71 bits per heavy atom. The van der Waals surface area contributed by atoms with Crippen molar-refractivity contribution in [3.8, 4) is 0 Å². The van der Waals surface area contributed by atoms with Gasteiger partial charge >= 0.3 is 0 Å². The molecule has 1 saturated heterocycles. The summed E-state index contributed by atoms with van der Waals surface area (Å²) >= 11 is 0. The van der Waals surface area contributed by atoms with E-state index in [1.54, 1.807) is 12.1 Å². The van der Waals surface area contributed by atoms with Crippen molar-refractivity contribution in [2.45, 2.75) is 38.6 Å². The van der Waals surface area contributed by atoms with E-state index in [0.29, 0.717) is 18.5 Å². The monoisotopic (exact) mass is 289 g/mol. The van der Waals surface area contributed by atoms with E-state index in [4.69, 9.17) is 0 Å². The number of hydrogen-bond acceptors (Lipinski definition) is 3. The maximum absolute atomic E-state index is 12.7. The van der Waals surface area contributed by atoms with Crippen molar-refractivity contribution in [2.24, 2.45) is 5.92 Å². The number of nitrogens with zero attached hydrogens (tertiary/aromatic N) is 1. The minimum atomic E-state index is -0.278. The molecule has 1 aliphatic carbocycles. The van der Waals surface area contributed by atoms with Crippen molar-refractivity contribution >= 4 is 5.91 Å². The molecule has 1 aromatic rings. The lowest BCUT2D eigenvalue weighted by Gasteiger charge is -2.25. The van der Waals surface area contributed by atoms with Crippen LogP contribution in [-0.4, -0.2) is 41.5 Å². The summed E-state index contributed by atoms with van der Waals surface area (Å²) in [4.78, 5) is 29.3. The number of carbonyl (C=O) groups is 1. The second-order valence-electron chi connectivity index (χ2n) is 6.33. The van der Waals surface area contributed by atoms with Crippen LogP contribution < -0.4 is 10.9 Å². The topological polar surface area (TPSA) is 65.2 Å². The first-order valence-corrected chi connectivity index (χ1v) is 7.86. The first kappa shape index (κ1) is 14.3. The fraction of sp³-hybridized carbons (Fsp3) is 0.625. The molecule has 1 amide bonds. The number of carbonyl (C=O) groups excluding carboxylic acids is 1. The zero-order valence-electron chi connectivity index (χ0n) is 12.5. The molecule has 0 bridgehead atoms. The number of H-pyrrole nitrogens is 1. The molecule has 1 aromatic heterocycles. The van der Waals surface area contributed by atoms with Crippen molar-refractivity contribution in [1.29, 1.82) is 0 Å². The van der Waals surface area contributed by atoms with E-state index in [1.165, 1.54) is 19.3 Å². The van der Waals surface area contributed by atoms with E-state index in [9.17, 15) is 9.59 Å². The van der Waals surface area contributed by atoms with Crippen LogP contribution in [0.1, 0.15) is 41.7 Å². The molecular formula is C16H23N3O2. The van der Waals surface area contributed by atoms with Gasteiger partial charge in [0, 0.05) is 24.8 Å². The van der Waals surface area contributed by atoms with Crippen molar-refractivity contribution in [2.75, 3.05) is 19.6 Å². The average molecular weight is 289 g/mol. The van der Waals surface area contributed by atoms with Crippen LogP contribution in [0.4, 0.5) is 0 Å². The number of aromatic nitrogens is 1. The average Bonchev–Trinajstić information content (AvgIpc) is 3.11. The van der Waals surface area contributed by atoms with Crippen LogP contribution >= 0.6 is 0 Å². The third-order valence-corrected chi connectivity index (χ3v) is 4.35. The lowest BCUT2D eigenvalue weighted by molar-refractivity contribution is 0.0731. The smallest absolute Gasteiger partial charge is 0.260 e. The van der Waals surface area contributed by atoms with E-state index in [-0.39, 0.29) is 17.0 Å². The minimum absolute atomic E-state index is 0.128. The highest BCUT2D eigenvalue weighted by Crippen LogP contribution is 2.30. The zero-order valence-corrected chi connectivity index (χ0v) is 12.5. The largest absolute Gasteiger partial charge is 0.337 e. The number of nitrogens with one attached hydrogen (secondary N) is 2. The van der Waals surface area contributed by atoms with Crippen molar-refractivity contribution in [3.05, 3.63) is 33.7 Å². The maximum Gasteiger partial charge on any atom is 0.260 e. The molecule has 0 aromatic carbocycles. The predicted octanol–water partition coefficient (Wildman–Crippen LogP) is 1.29. The van der Waals surface area contributed by atoms with Gasteiger partial charge in [0.1, 0.15) is 5.56 Å². The Morgan fingerprint density at radius 2 is 2.10 bits per heavy atom. The van der Waals surface area contributed by atoms with Crippen molar-refractivity contribution < 1.29 is 4.79 Å². The maximum atomic E-state index is 12.7. The summed E-state index contributed by atoms with van der Waals surface area (Å²) in [6.45, 7) is 4.34. The number of aryl methyl sites for hydroxylation is 1.